The summed E-state index contributed by atoms with van der Waals surface area (Å²) >= 11 is 0. The molecule has 1 aliphatic heterocycles. The molecule has 2 atom stereocenters. The van der Waals surface area contributed by atoms with Crippen LogP contribution in [0.3, 0.4) is 0 Å². The molecule has 0 bridgehead atoms. The molecule has 0 fully saturated rings. The zero-order valence-electron chi connectivity index (χ0n) is 9.61. The second-order valence-electron chi connectivity index (χ2n) is 4.51. The minimum atomic E-state index is 0.432. The molecule has 0 aliphatic carbocycles. The molecule has 0 saturated heterocycles. The third-order valence-corrected chi connectivity index (χ3v) is 3.39. The molecule has 0 aromatic heterocycles. The highest BCUT2D eigenvalue weighted by molar-refractivity contribution is 5.57. The maximum Gasteiger partial charge on any atom is 0.0404 e. The van der Waals surface area contributed by atoms with Gasteiger partial charge < -0.3 is 10.6 Å². The Bertz CT molecular complexity index is 335. The van der Waals surface area contributed by atoms with E-state index in [1.807, 2.05) is 0 Å². The van der Waals surface area contributed by atoms with Gasteiger partial charge in [-0.25, -0.2) is 0 Å². The number of para-hydroxylation sites is 1. The Balaban J connectivity index is 2.37. The highest BCUT2D eigenvalue weighted by Crippen LogP contribution is 2.31. The lowest BCUT2D eigenvalue weighted by atomic mass is 9.95. The summed E-state index contributed by atoms with van der Waals surface area (Å²) in [4.78, 5) is 2.47. The number of benzene rings is 1. The smallest absolute Gasteiger partial charge is 0.0404 e. The van der Waals surface area contributed by atoms with E-state index < -0.39 is 0 Å². The average molecular weight is 204 g/mol. The van der Waals surface area contributed by atoms with Gasteiger partial charge in [-0.05, 0) is 38.3 Å². The molecule has 0 saturated carbocycles. The molecule has 2 N–H and O–H groups in total. The van der Waals surface area contributed by atoms with Gasteiger partial charge in [0.25, 0.3) is 0 Å². The molecule has 15 heavy (non-hydrogen) atoms. The SMILES string of the molecule is CC(CN)N1c2ccccc2CCC1C. The van der Waals surface area contributed by atoms with Crippen LogP contribution in [0.2, 0.25) is 0 Å². The van der Waals surface area contributed by atoms with E-state index in [0.717, 1.165) is 6.54 Å². The highest BCUT2D eigenvalue weighted by atomic mass is 15.2. The fourth-order valence-corrected chi connectivity index (χ4v) is 2.50. The summed E-state index contributed by atoms with van der Waals surface area (Å²) in [5, 5.41) is 0. The monoisotopic (exact) mass is 204 g/mol. The van der Waals surface area contributed by atoms with Crippen molar-refractivity contribution in [1.29, 1.82) is 0 Å². The summed E-state index contributed by atoms with van der Waals surface area (Å²) in [6.45, 7) is 5.22. The fraction of sp³-hybridized carbons (Fsp3) is 0.538. The van der Waals surface area contributed by atoms with Crippen LogP contribution in [0, 0.1) is 0 Å². The van der Waals surface area contributed by atoms with E-state index in [1.54, 1.807) is 0 Å². The first-order valence-electron chi connectivity index (χ1n) is 5.80. The number of nitrogens with zero attached hydrogens (tertiary/aromatic N) is 1. The van der Waals surface area contributed by atoms with E-state index >= 15 is 0 Å². The van der Waals surface area contributed by atoms with Crippen molar-refractivity contribution in [2.24, 2.45) is 5.73 Å². The van der Waals surface area contributed by atoms with Gasteiger partial charge in [0, 0.05) is 24.3 Å². The lowest BCUT2D eigenvalue weighted by Gasteiger charge is -2.41. The molecule has 82 valence electrons. The molecular weight excluding hydrogens is 184 g/mol. The van der Waals surface area contributed by atoms with Crippen LogP contribution in [0.4, 0.5) is 5.69 Å². The van der Waals surface area contributed by atoms with E-state index in [2.05, 4.69) is 43.0 Å². The molecule has 1 aliphatic rings. The largest absolute Gasteiger partial charge is 0.365 e. The lowest BCUT2D eigenvalue weighted by molar-refractivity contribution is 0.505. The normalized spacial score (nSPS) is 22.3. The molecule has 0 spiro atoms. The van der Waals surface area contributed by atoms with Crippen molar-refractivity contribution in [1.82, 2.24) is 0 Å². The van der Waals surface area contributed by atoms with Crippen LogP contribution in [-0.4, -0.2) is 18.6 Å². The van der Waals surface area contributed by atoms with E-state index in [1.165, 1.54) is 24.1 Å². The summed E-state index contributed by atoms with van der Waals surface area (Å²) in [7, 11) is 0. The van der Waals surface area contributed by atoms with Crippen molar-refractivity contribution < 1.29 is 0 Å². The topological polar surface area (TPSA) is 29.3 Å². The van der Waals surface area contributed by atoms with Gasteiger partial charge in [0.15, 0.2) is 0 Å². The predicted octanol–water partition coefficient (Wildman–Crippen LogP) is 2.17. The number of hydrogen-bond donors (Lipinski definition) is 1. The van der Waals surface area contributed by atoms with Gasteiger partial charge >= 0.3 is 0 Å². The zero-order valence-corrected chi connectivity index (χ0v) is 9.61. The van der Waals surface area contributed by atoms with Gasteiger partial charge in [-0.15, -0.1) is 0 Å². The number of aryl methyl sites for hydroxylation is 1. The Morgan fingerprint density at radius 2 is 2.20 bits per heavy atom. The van der Waals surface area contributed by atoms with Gasteiger partial charge in [0.1, 0.15) is 0 Å². The zero-order chi connectivity index (χ0) is 10.8. The standard InChI is InChI=1S/C13H20N2/c1-10-7-8-12-5-3-4-6-13(12)15(10)11(2)9-14/h3-6,10-11H,7-9,14H2,1-2H3. The molecule has 0 radical (unpaired) electrons. The Morgan fingerprint density at radius 3 is 2.93 bits per heavy atom. The summed E-state index contributed by atoms with van der Waals surface area (Å²) < 4.78 is 0. The molecule has 1 aromatic carbocycles. The molecular formula is C13H20N2. The Hall–Kier alpha value is -1.02. The molecule has 1 aromatic rings. The van der Waals surface area contributed by atoms with Gasteiger partial charge in [-0.1, -0.05) is 18.2 Å². The van der Waals surface area contributed by atoms with Crippen LogP contribution in [0.5, 0.6) is 0 Å². The van der Waals surface area contributed by atoms with Crippen LogP contribution in [-0.2, 0) is 6.42 Å². The number of anilines is 1. The quantitative estimate of drug-likeness (QED) is 0.800. The van der Waals surface area contributed by atoms with Gasteiger partial charge in [0.2, 0.25) is 0 Å². The number of fused-ring (bicyclic) bond motifs is 1. The van der Waals surface area contributed by atoms with E-state index in [9.17, 15) is 0 Å². The lowest BCUT2D eigenvalue weighted by Crippen LogP contribution is -2.46. The summed E-state index contributed by atoms with van der Waals surface area (Å²) in [6.07, 6.45) is 2.44. The van der Waals surface area contributed by atoms with Crippen LogP contribution in [0.25, 0.3) is 0 Å². The minimum Gasteiger partial charge on any atom is -0.365 e. The van der Waals surface area contributed by atoms with Gasteiger partial charge in [0.05, 0.1) is 0 Å². The third-order valence-electron chi connectivity index (χ3n) is 3.39. The summed E-state index contributed by atoms with van der Waals surface area (Å²) in [5.74, 6) is 0. The van der Waals surface area contributed by atoms with E-state index in [-0.39, 0.29) is 0 Å². The van der Waals surface area contributed by atoms with Crippen molar-refractivity contribution in [3.63, 3.8) is 0 Å². The number of hydrogen-bond acceptors (Lipinski definition) is 2. The average Bonchev–Trinajstić information content (AvgIpc) is 2.28. The van der Waals surface area contributed by atoms with Crippen molar-refractivity contribution >= 4 is 5.69 Å². The van der Waals surface area contributed by atoms with Crippen LogP contribution in [0.1, 0.15) is 25.8 Å². The second-order valence-corrected chi connectivity index (χ2v) is 4.51. The first kappa shape index (κ1) is 10.5. The molecule has 1 heterocycles. The second kappa shape index (κ2) is 4.23. The maximum atomic E-state index is 5.78. The van der Waals surface area contributed by atoms with Crippen molar-refractivity contribution in [2.75, 3.05) is 11.4 Å². The van der Waals surface area contributed by atoms with Crippen molar-refractivity contribution in [3.05, 3.63) is 29.8 Å². The molecule has 2 unspecified atom stereocenters. The predicted molar refractivity (Wildman–Crippen MR) is 65.2 cm³/mol. The highest BCUT2D eigenvalue weighted by Gasteiger charge is 2.25. The van der Waals surface area contributed by atoms with Gasteiger partial charge in [-0.2, -0.15) is 0 Å². The first-order chi connectivity index (χ1) is 7.24. The van der Waals surface area contributed by atoms with Crippen LogP contribution >= 0.6 is 0 Å². The molecule has 0 amide bonds. The first-order valence-corrected chi connectivity index (χ1v) is 5.80. The Morgan fingerprint density at radius 1 is 1.47 bits per heavy atom. The van der Waals surface area contributed by atoms with Crippen molar-refractivity contribution in [3.8, 4) is 0 Å². The number of nitrogens with two attached hydrogens (primary N) is 1. The minimum absolute atomic E-state index is 0.432. The van der Waals surface area contributed by atoms with E-state index in [0.29, 0.717) is 12.1 Å². The van der Waals surface area contributed by atoms with E-state index in [4.69, 9.17) is 5.73 Å². The molecule has 2 nitrogen and oxygen atoms in total. The van der Waals surface area contributed by atoms with Crippen LogP contribution in [0.15, 0.2) is 24.3 Å². The molecule has 2 heteroatoms. The summed E-state index contributed by atoms with van der Waals surface area (Å²) in [5.41, 5.74) is 8.63. The maximum absolute atomic E-state index is 5.78. The fourth-order valence-electron chi connectivity index (χ4n) is 2.50. The number of rotatable bonds is 2. The molecule has 2 rings (SSSR count). The van der Waals surface area contributed by atoms with Gasteiger partial charge in [-0.3, -0.25) is 0 Å². The third kappa shape index (κ3) is 1.86. The Labute approximate surface area is 92.1 Å². The Kier molecular flexibility index (Phi) is 2.96. The van der Waals surface area contributed by atoms with Crippen molar-refractivity contribution in [2.45, 2.75) is 38.8 Å². The summed E-state index contributed by atoms with van der Waals surface area (Å²) in [6, 6.07) is 9.74. The van der Waals surface area contributed by atoms with Crippen LogP contribution < -0.4 is 10.6 Å².